The van der Waals surface area contributed by atoms with Crippen molar-refractivity contribution in [2.45, 2.75) is 39.4 Å². The number of nitrogens with one attached hydrogen (secondary N) is 1. The number of nitrogens with zero attached hydrogens (tertiary/aromatic N) is 3. The van der Waals surface area contributed by atoms with Crippen molar-refractivity contribution < 1.29 is 4.79 Å². The number of fused-ring (bicyclic) bond motifs is 5. The van der Waals surface area contributed by atoms with Crippen LogP contribution in [0.5, 0.6) is 0 Å². The van der Waals surface area contributed by atoms with Crippen molar-refractivity contribution in [2.24, 2.45) is 0 Å². The van der Waals surface area contributed by atoms with Crippen molar-refractivity contribution >= 4 is 34.7 Å². The first kappa shape index (κ1) is 23.3. The van der Waals surface area contributed by atoms with Gasteiger partial charge >= 0.3 is 6.03 Å². The number of benzene rings is 2. The van der Waals surface area contributed by atoms with Crippen LogP contribution in [0.4, 0.5) is 10.5 Å². The topological polar surface area (TPSA) is 40.5 Å². The van der Waals surface area contributed by atoms with Gasteiger partial charge in [0.2, 0.25) is 0 Å². The van der Waals surface area contributed by atoms with E-state index in [1.165, 1.54) is 21.0 Å². The number of hydrogen-bond acceptors (Lipinski definition) is 3. The van der Waals surface area contributed by atoms with E-state index >= 15 is 0 Å². The van der Waals surface area contributed by atoms with Crippen LogP contribution in [0.1, 0.15) is 44.4 Å². The SMILES string of the molecule is Cc1ccc(C)c(NC(=O)N2Cc3c(sc4c3CCN(C)C4)-n3cccc3C2c2cccc(Cl)c2)c1. The first-order valence-corrected chi connectivity index (χ1v) is 13.5. The number of amides is 2. The van der Waals surface area contributed by atoms with E-state index in [9.17, 15) is 4.79 Å². The summed E-state index contributed by atoms with van der Waals surface area (Å²) in [6, 6.07) is 17.9. The molecule has 4 heterocycles. The maximum Gasteiger partial charge on any atom is 0.322 e. The van der Waals surface area contributed by atoms with Crippen molar-refractivity contribution in [3.8, 4) is 5.00 Å². The lowest BCUT2D eigenvalue weighted by atomic mass is 10.0. The van der Waals surface area contributed by atoms with E-state index in [1.54, 1.807) is 0 Å². The molecule has 2 aromatic carbocycles. The fourth-order valence-corrected chi connectivity index (χ4v) is 7.08. The number of rotatable bonds is 2. The molecule has 0 spiro atoms. The third-order valence-electron chi connectivity index (χ3n) is 7.32. The van der Waals surface area contributed by atoms with Gasteiger partial charge in [-0.15, -0.1) is 11.3 Å². The van der Waals surface area contributed by atoms with Gasteiger partial charge in [-0.2, -0.15) is 0 Å². The summed E-state index contributed by atoms with van der Waals surface area (Å²) in [4.78, 5) is 19.9. The van der Waals surface area contributed by atoms with Crippen LogP contribution in [0.15, 0.2) is 60.8 Å². The number of likely N-dealkylation sites (N-methyl/N-ethyl adjacent to an activating group) is 1. The summed E-state index contributed by atoms with van der Waals surface area (Å²) in [6.07, 6.45) is 3.13. The molecular weight excluding hydrogens is 488 g/mol. The molecule has 1 atom stereocenters. The second-order valence-electron chi connectivity index (χ2n) is 9.91. The molecule has 0 saturated heterocycles. The van der Waals surface area contributed by atoms with Crippen molar-refractivity contribution in [1.29, 1.82) is 0 Å². The highest BCUT2D eigenvalue weighted by Gasteiger charge is 2.36. The number of thiophene rings is 1. The Morgan fingerprint density at radius 3 is 2.75 bits per heavy atom. The van der Waals surface area contributed by atoms with E-state index in [-0.39, 0.29) is 12.1 Å². The van der Waals surface area contributed by atoms with Crippen LogP contribution in [0, 0.1) is 13.8 Å². The Bertz CT molecular complexity index is 1470. The molecule has 2 aliphatic rings. The highest BCUT2D eigenvalue weighted by molar-refractivity contribution is 7.15. The number of urea groups is 1. The van der Waals surface area contributed by atoms with Crippen LogP contribution in [-0.2, 0) is 19.5 Å². The predicted octanol–water partition coefficient (Wildman–Crippen LogP) is 6.93. The molecule has 6 rings (SSSR count). The molecule has 7 heteroatoms. The number of carbonyl (C=O) groups excluding carboxylic acids is 1. The zero-order chi connectivity index (χ0) is 25.0. The fraction of sp³-hybridized carbons (Fsp3) is 0.276. The third-order valence-corrected chi connectivity index (χ3v) is 8.81. The lowest BCUT2D eigenvalue weighted by molar-refractivity contribution is 0.194. The molecule has 5 nitrogen and oxygen atoms in total. The van der Waals surface area contributed by atoms with Gasteiger partial charge < -0.3 is 19.7 Å². The summed E-state index contributed by atoms with van der Waals surface area (Å²) in [7, 11) is 2.17. The molecule has 184 valence electrons. The fourth-order valence-electron chi connectivity index (χ4n) is 5.44. The van der Waals surface area contributed by atoms with Gasteiger partial charge in [-0.1, -0.05) is 35.9 Å². The summed E-state index contributed by atoms with van der Waals surface area (Å²) in [5, 5.41) is 5.13. The maximum absolute atomic E-state index is 14.1. The van der Waals surface area contributed by atoms with E-state index in [4.69, 9.17) is 11.6 Å². The van der Waals surface area contributed by atoms with Crippen LogP contribution in [0.2, 0.25) is 5.02 Å². The molecule has 0 radical (unpaired) electrons. The minimum Gasteiger partial charge on any atom is -0.310 e. The zero-order valence-corrected chi connectivity index (χ0v) is 22.3. The summed E-state index contributed by atoms with van der Waals surface area (Å²) < 4.78 is 2.29. The Morgan fingerprint density at radius 1 is 1.06 bits per heavy atom. The highest BCUT2D eigenvalue weighted by atomic mass is 35.5. The Kier molecular flexibility index (Phi) is 5.91. The highest BCUT2D eigenvalue weighted by Crippen LogP contribution is 2.43. The van der Waals surface area contributed by atoms with Crippen LogP contribution < -0.4 is 5.32 Å². The minimum atomic E-state index is -0.273. The summed E-state index contributed by atoms with van der Waals surface area (Å²) in [6.45, 7) is 6.60. The van der Waals surface area contributed by atoms with Crippen molar-refractivity contribution in [2.75, 3.05) is 18.9 Å². The van der Waals surface area contributed by atoms with Gasteiger partial charge in [0.1, 0.15) is 5.00 Å². The van der Waals surface area contributed by atoms with Gasteiger partial charge in [0, 0.05) is 40.4 Å². The first-order valence-electron chi connectivity index (χ1n) is 12.3. The zero-order valence-electron chi connectivity index (χ0n) is 20.7. The van der Waals surface area contributed by atoms with E-state index in [2.05, 4.69) is 58.4 Å². The minimum absolute atomic E-state index is 0.109. The van der Waals surface area contributed by atoms with Crippen molar-refractivity contribution in [3.05, 3.63) is 104 Å². The van der Waals surface area contributed by atoms with Gasteiger partial charge in [-0.25, -0.2) is 4.79 Å². The van der Waals surface area contributed by atoms with Gasteiger partial charge in [0.15, 0.2) is 0 Å². The smallest absolute Gasteiger partial charge is 0.310 e. The van der Waals surface area contributed by atoms with Crippen LogP contribution in [-0.4, -0.2) is 34.0 Å². The molecule has 1 N–H and O–H groups in total. The Hall–Kier alpha value is -3.06. The Balaban J connectivity index is 1.51. The molecular formula is C29H29ClN4OS. The molecule has 2 aliphatic heterocycles. The van der Waals surface area contributed by atoms with Gasteiger partial charge in [-0.05, 0) is 79.9 Å². The summed E-state index contributed by atoms with van der Waals surface area (Å²) >= 11 is 8.31. The Morgan fingerprint density at radius 2 is 1.92 bits per heavy atom. The van der Waals surface area contributed by atoms with Gasteiger partial charge in [0.05, 0.1) is 18.3 Å². The molecule has 0 saturated carbocycles. The normalized spacial score (nSPS) is 17.2. The molecule has 36 heavy (non-hydrogen) atoms. The lowest BCUT2D eigenvalue weighted by Crippen LogP contribution is -2.38. The average Bonchev–Trinajstić information content (AvgIpc) is 3.42. The first-order chi connectivity index (χ1) is 17.4. The van der Waals surface area contributed by atoms with Gasteiger partial charge in [-0.3, -0.25) is 0 Å². The number of aryl methyl sites for hydroxylation is 2. The molecule has 0 bridgehead atoms. The monoisotopic (exact) mass is 516 g/mol. The number of anilines is 1. The van der Waals surface area contributed by atoms with E-state index in [1.807, 2.05) is 54.3 Å². The lowest BCUT2D eigenvalue weighted by Gasteiger charge is -2.32. The number of halogens is 1. The molecule has 0 aliphatic carbocycles. The molecule has 4 aromatic rings. The van der Waals surface area contributed by atoms with Crippen LogP contribution in [0.3, 0.4) is 0 Å². The second-order valence-corrected chi connectivity index (χ2v) is 11.4. The molecule has 2 amide bonds. The molecule has 1 unspecified atom stereocenters. The number of hydrogen-bond donors (Lipinski definition) is 1. The summed E-state index contributed by atoms with van der Waals surface area (Å²) in [5.41, 5.74) is 7.75. The van der Waals surface area contributed by atoms with E-state index in [0.717, 1.165) is 47.6 Å². The Labute approximate surface area is 220 Å². The molecule has 0 fully saturated rings. The van der Waals surface area contributed by atoms with Crippen molar-refractivity contribution in [1.82, 2.24) is 14.4 Å². The predicted molar refractivity (Wildman–Crippen MR) is 147 cm³/mol. The van der Waals surface area contributed by atoms with Gasteiger partial charge in [0.25, 0.3) is 0 Å². The average molecular weight is 517 g/mol. The number of carbonyl (C=O) groups is 1. The maximum atomic E-state index is 14.1. The standard InChI is InChI=1S/C29H29ClN4OS/c1-18-9-10-19(2)24(14-18)31-29(35)34-16-23-22-11-13-32(3)17-26(22)36-28(23)33-12-5-8-25(33)27(34)20-6-4-7-21(30)15-20/h4-10,12,14-15,27H,11,13,16-17H2,1-3H3,(H,31,35). The van der Waals surface area contributed by atoms with Crippen LogP contribution in [0.25, 0.3) is 5.00 Å². The van der Waals surface area contributed by atoms with Crippen LogP contribution >= 0.6 is 22.9 Å². The van der Waals surface area contributed by atoms with Crippen molar-refractivity contribution in [3.63, 3.8) is 0 Å². The molecule has 2 aromatic heterocycles. The largest absolute Gasteiger partial charge is 0.322 e. The second kappa shape index (κ2) is 9.11. The quantitative estimate of drug-likeness (QED) is 0.313. The summed E-state index contributed by atoms with van der Waals surface area (Å²) in [5.74, 6) is 0. The van der Waals surface area contributed by atoms with E-state index < -0.39 is 0 Å². The number of aromatic nitrogens is 1. The van der Waals surface area contributed by atoms with E-state index in [0.29, 0.717) is 11.6 Å². The third kappa shape index (κ3) is 4.03.